The molecule has 1 aliphatic heterocycles. The molecule has 0 aliphatic carbocycles. The molecule has 4 nitrogen and oxygen atoms in total. The number of carbonyl (C=O) groups excluding carboxylic acids is 1. The molecule has 0 bridgehead atoms. The average molecular weight is 325 g/mol. The van der Waals surface area contributed by atoms with Gasteiger partial charge in [0.05, 0.1) is 5.56 Å². The lowest BCUT2D eigenvalue weighted by Gasteiger charge is -2.21. The van der Waals surface area contributed by atoms with E-state index in [1.165, 1.54) is 16.2 Å². The number of nitriles is 1. The highest BCUT2D eigenvalue weighted by Gasteiger charge is 2.24. The Balaban J connectivity index is 1.89. The Morgan fingerprint density at radius 2 is 2.13 bits per heavy atom. The van der Waals surface area contributed by atoms with Crippen LogP contribution in [0, 0.1) is 25.2 Å². The first-order chi connectivity index (χ1) is 11.0. The van der Waals surface area contributed by atoms with E-state index in [0.29, 0.717) is 16.1 Å². The van der Waals surface area contributed by atoms with E-state index in [4.69, 9.17) is 0 Å². The highest BCUT2D eigenvalue weighted by Crippen LogP contribution is 2.36. The van der Waals surface area contributed by atoms with E-state index in [1.807, 2.05) is 32.0 Å². The van der Waals surface area contributed by atoms with Crippen LogP contribution in [0.15, 0.2) is 18.2 Å². The molecule has 23 heavy (non-hydrogen) atoms. The number of hydrogen-bond donors (Lipinski definition) is 1. The van der Waals surface area contributed by atoms with Crippen LogP contribution in [0.2, 0.25) is 0 Å². The average Bonchev–Trinajstić information content (AvgIpc) is 2.85. The fourth-order valence-corrected chi connectivity index (χ4v) is 4.07. The number of benzene rings is 1. The van der Waals surface area contributed by atoms with Crippen molar-refractivity contribution in [2.24, 2.45) is 0 Å². The van der Waals surface area contributed by atoms with Crippen LogP contribution in [0.25, 0.3) is 0 Å². The van der Waals surface area contributed by atoms with Crippen molar-refractivity contribution < 1.29 is 4.79 Å². The molecule has 0 fully saturated rings. The van der Waals surface area contributed by atoms with Crippen molar-refractivity contribution in [2.75, 3.05) is 18.9 Å². The van der Waals surface area contributed by atoms with Gasteiger partial charge in [-0.05, 0) is 56.1 Å². The van der Waals surface area contributed by atoms with Gasteiger partial charge in [0.25, 0.3) is 5.91 Å². The van der Waals surface area contributed by atoms with E-state index in [2.05, 4.69) is 23.3 Å². The predicted molar refractivity (Wildman–Crippen MR) is 92.9 cm³/mol. The summed E-state index contributed by atoms with van der Waals surface area (Å²) in [6.45, 7) is 5.80. The molecule has 1 aromatic carbocycles. The number of carbonyl (C=O) groups is 1. The van der Waals surface area contributed by atoms with Crippen LogP contribution >= 0.6 is 11.3 Å². The van der Waals surface area contributed by atoms with Crippen LogP contribution < -0.4 is 5.32 Å². The van der Waals surface area contributed by atoms with Gasteiger partial charge in [0.1, 0.15) is 11.1 Å². The Kier molecular flexibility index (Phi) is 4.20. The molecule has 1 N–H and O–H groups in total. The normalized spacial score (nSPS) is 14.2. The first kappa shape index (κ1) is 15.7. The van der Waals surface area contributed by atoms with Crippen molar-refractivity contribution in [3.05, 3.63) is 50.9 Å². The summed E-state index contributed by atoms with van der Waals surface area (Å²) in [6.07, 6.45) is 0.866. The van der Waals surface area contributed by atoms with Gasteiger partial charge in [-0.1, -0.05) is 6.07 Å². The Morgan fingerprint density at radius 1 is 1.35 bits per heavy atom. The van der Waals surface area contributed by atoms with Gasteiger partial charge >= 0.3 is 0 Å². The molecule has 0 saturated carbocycles. The van der Waals surface area contributed by atoms with Crippen LogP contribution in [-0.2, 0) is 13.0 Å². The van der Waals surface area contributed by atoms with Gasteiger partial charge in [-0.2, -0.15) is 5.26 Å². The first-order valence-electron chi connectivity index (χ1n) is 7.61. The molecule has 1 aromatic heterocycles. The zero-order valence-corrected chi connectivity index (χ0v) is 14.4. The summed E-state index contributed by atoms with van der Waals surface area (Å²) < 4.78 is 0. The molecule has 118 valence electrons. The van der Waals surface area contributed by atoms with Crippen LogP contribution in [0.5, 0.6) is 0 Å². The zero-order chi connectivity index (χ0) is 16.6. The summed E-state index contributed by atoms with van der Waals surface area (Å²) in [4.78, 5) is 15.9. The zero-order valence-electron chi connectivity index (χ0n) is 13.6. The van der Waals surface area contributed by atoms with Gasteiger partial charge in [0, 0.05) is 23.5 Å². The van der Waals surface area contributed by atoms with Gasteiger partial charge in [-0.3, -0.25) is 4.79 Å². The number of aryl methyl sites for hydroxylation is 2. The largest absolute Gasteiger partial charge is 0.312 e. The van der Waals surface area contributed by atoms with Crippen molar-refractivity contribution in [1.82, 2.24) is 4.90 Å². The summed E-state index contributed by atoms with van der Waals surface area (Å²) in [5.41, 5.74) is 4.61. The lowest BCUT2D eigenvalue weighted by atomic mass is 10.0. The number of nitrogens with zero attached hydrogens (tertiary/aromatic N) is 2. The van der Waals surface area contributed by atoms with Crippen LogP contribution in [0.4, 0.5) is 5.00 Å². The number of nitrogens with one attached hydrogen (secondary N) is 1. The Labute approximate surface area is 140 Å². The third-order valence-corrected chi connectivity index (χ3v) is 5.49. The van der Waals surface area contributed by atoms with E-state index < -0.39 is 0 Å². The first-order valence-corrected chi connectivity index (χ1v) is 8.43. The molecule has 0 unspecified atom stereocenters. The second kappa shape index (κ2) is 6.15. The maximum atomic E-state index is 12.5. The third kappa shape index (κ3) is 3.00. The molecule has 1 amide bonds. The smallest absolute Gasteiger partial charge is 0.256 e. The molecule has 0 spiro atoms. The van der Waals surface area contributed by atoms with Crippen molar-refractivity contribution in [2.45, 2.75) is 26.8 Å². The lowest BCUT2D eigenvalue weighted by molar-refractivity contribution is 0.102. The Bertz CT molecular complexity index is 816. The molecular formula is C18H19N3OS. The van der Waals surface area contributed by atoms with Crippen LogP contribution in [-0.4, -0.2) is 24.4 Å². The summed E-state index contributed by atoms with van der Waals surface area (Å²) in [6, 6.07) is 7.93. The summed E-state index contributed by atoms with van der Waals surface area (Å²) in [5.74, 6) is -0.156. The second-order valence-corrected chi connectivity index (χ2v) is 7.17. The Hall–Kier alpha value is -2.16. The number of fused-ring (bicyclic) bond motifs is 1. The number of rotatable bonds is 2. The molecule has 5 heteroatoms. The molecule has 2 aromatic rings. The predicted octanol–water partition coefficient (Wildman–Crippen LogP) is 3.48. The van der Waals surface area contributed by atoms with Crippen molar-refractivity contribution in [3.63, 3.8) is 0 Å². The maximum absolute atomic E-state index is 12.5. The van der Waals surface area contributed by atoms with Crippen LogP contribution in [0.1, 0.15) is 37.5 Å². The molecule has 1 aliphatic rings. The van der Waals surface area contributed by atoms with Crippen molar-refractivity contribution in [1.29, 1.82) is 5.26 Å². The summed E-state index contributed by atoms with van der Waals surface area (Å²) in [7, 11) is 2.07. The lowest BCUT2D eigenvalue weighted by Crippen LogP contribution is -2.25. The fourth-order valence-electron chi connectivity index (χ4n) is 2.80. The van der Waals surface area contributed by atoms with E-state index in [-0.39, 0.29) is 5.91 Å². The van der Waals surface area contributed by atoms with Gasteiger partial charge in [-0.25, -0.2) is 0 Å². The highest BCUT2D eigenvalue weighted by atomic mass is 32.1. The van der Waals surface area contributed by atoms with E-state index in [0.717, 1.165) is 36.2 Å². The van der Waals surface area contributed by atoms with E-state index >= 15 is 0 Å². The standard InChI is InChI=1S/C18H19N3OS/c1-11-4-5-13(8-12(11)2)17(22)20-18-15(9-19)14-6-7-21(3)10-16(14)23-18/h4-5,8H,6-7,10H2,1-3H3,(H,20,22). The quantitative estimate of drug-likeness (QED) is 0.920. The topological polar surface area (TPSA) is 56.1 Å². The van der Waals surface area contributed by atoms with Gasteiger partial charge in [-0.15, -0.1) is 11.3 Å². The second-order valence-electron chi connectivity index (χ2n) is 6.06. The molecule has 2 heterocycles. The minimum atomic E-state index is -0.156. The Morgan fingerprint density at radius 3 is 2.83 bits per heavy atom. The highest BCUT2D eigenvalue weighted by molar-refractivity contribution is 7.16. The summed E-state index contributed by atoms with van der Waals surface area (Å²) in [5, 5.41) is 13.1. The van der Waals surface area contributed by atoms with Gasteiger partial charge in [0.2, 0.25) is 0 Å². The molecule has 0 atom stereocenters. The maximum Gasteiger partial charge on any atom is 0.256 e. The molecule has 3 rings (SSSR count). The fraction of sp³-hybridized carbons (Fsp3) is 0.333. The molecule has 0 saturated heterocycles. The van der Waals surface area contributed by atoms with Gasteiger partial charge < -0.3 is 10.2 Å². The molecule has 0 radical (unpaired) electrons. The van der Waals surface area contributed by atoms with E-state index in [9.17, 15) is 10.1 Å². The summed E-state index contributed by atoms with van der Waals surface area (Å²) >= 11 is 1.52. The van der Waals surface area contributed by atoms with Crippen molar-refractivity contribution in [3.8, 4) is 6.07 Å². The third-order valence-electron chi connectivity index (χ3n) is 4.36. The SMILES string of the molecule is Cc1ccc(C(=O)Nc2sc3c(c2C#N)CCN(C)C3)cc1C. The number of amides is 1. The number of thiophene rings is 1. The van der Waals surface area contributed by atoms with E-state index in [1.54, 1.807) is 0 Å². The minimum Gasteiger partial charge on any atom is -0.312 e. The molecular weight excluding hydrogens is 306 g/mol. The van der Waals surface area contributed by atoms with Gasteiger partial charge in [0.15, 0.2) is 0 Å². The monoisotopic (exact) mass is 325 g/mol. The number of hydrogen-bond acceptors (Lipinski definition) is 4. The van der Waals surface area contributed by atoms with Crippen molar-refractivity contribution >= 4 is 22.2 Å². The minimum absolute atomic E-state index is 0.156. The number of anilines is 1. The van der Waals surface area contributed by atoms with Crippen LogP contribution in [0.3, 0.4) is 0 Å². The number of likely N-dealkylation sites (N-methyl/N-ethyl adjacent to an activating group) is 1.